The van der Waals surface area contributed by atoms with Crippen molar-refractivity contribution >= 4 is 6.29 Å². The predicted octanol–water partition coefficient (Wildman–Crippen LogP) is 2.12. The highest BCUT2D eigenvalue weighted by Gasteiger charge is 2.24. The third-order valence-corrected chi connectivity index (χ3v) is 3.55. The second kappa shape index (κ2) is 6.17. The molecule has 0 N–H and O–H groups in total. The van der Waals surface area contributed by atoms with E-state index in [-0.39, 0.29) is 6.10 Å². The van der Waals surface area contributed by atoms with Crippen molar-refractivity contribution < 1.29 is 14.3 Å². The normalized spacial score (nSPS) is 24.2. The van der Waals surface area contributed by atoms with Gasteiger partial charge in [0.15, 0.2) is 0 Å². The summed E-state index contributed by atoms with van der Waals surface area (Å²) in [5, 5.41) is 0. The lowest BCUT2D eigenvalue weighted by Crippen LogP contribution is -2.46. The largest absolute Gasteiger partial charge is 0.496 e. The average Bonchev–Trinajstić information content (AvgIpc) is 2.42. The molecule has 2 unspecified atom stereocenters. The van der Waals surface area contributed by atoms with E-state index >= 15 is 0 Å². The second-order valence-corrected chi connectivity index (χ2v) is 5.11. The maximum atomic E-state index is 10.9. The zero-order chi connectivity index (χ0) is 13.8. The van der Waals surface area contributed by atoms with Crippen LogP contribution in [0.5, 0.6) is 5.75 Å². The average molecular weight is 263 g/mol. The molecule has 1 aliphatic heterocycles. The first-order chi connectivity index (χ1) is 9.13. The molecule has 1 saturated heterocycles. The number of carbonyl (C=O) groups is 1. The van der Waals surface area contributed by atoms with Gasteiger partial charge in [-0.05, 0) is 32.0 Å². The maximum Gasteiger partial charge on any atom is 0.150 e. The Morgan fingerprint density at radius 2 is 2.26 bits per heavy atom. The summed E-state index contributed by atoms with van der Waals surface area (Å²) in [7, 11) is 1.66. The van der Waals surface area contributed by atoms with Gasteiger partial charge in [-0.15, -0.1) is 0 Å². The van der Waals surface area contributed by atoms with E-state index in [4.69, 9.17) is 9.47 Å². The van der Waals surface area contributed by atoms with E-state index in [1.54, 1.807) is 13.2 Å². The van der Waals surface area contributed by atoms with E-state index in [9.17, 15) is 4.79 Å². The summed E-state index contributed by atoms with van der Waals surface area (Å²) in [6.07, 6.45) is 1.12. The van der Waals surface area contributed by atoms with Crippen LogP contribution in [-0.2, 0) is 11.3 Å². The number of hydrogen-bond donors (Lipinski definition) is 0. The van der Waals surface area contributed by atoms with E-state index in [2.05, 4.69) is 18.7 Å². The monoisotopic (exact) mass is 263 g/mol. The zero-order valence-corrected chi connectivity index (χ0v) is 11.8. The Morgan fingerprint density at radius 1 is 1.47 bits per heavy atom. The first-order valence-corrected chi connectivity index (χ1v) is 6.61. The van der Waals surface area contributed by atoms with Crippen LogP contribution in [0.15, 0.2) is 18.2 Å². The number of ether oxygens (including phenoxy) is 2. The molecule has 1 aromatic carbocycles. The van der Waals surface area contributed by atoms with Crippen LogP contribution in [0.4, 0.5) is 0 Å². The molecule has 19 heavy (non-hydrogen) atoms. The van der Waals surface area contributed by atoms with Crippen LogP contribution in [0.2, 0.25) is 0 Å². The topological polar surface area (TPSA) is 38.8 Å². The standard InChI is InChI=1S/C15H21NO3/c1-11-10-19-12(2)7-16(11)8-14-6-13(9-17)4-5-15(14)18-3/h4-6,9,11-12H,7-8,10H2,1-3H3. The summed E-state index contributed by atoms with van der Waals surface area (Å²) in [6.45, 7) is 6.66. The van der Waals surface area contributed by atoms with Crippen LogP contribution in [-0.4, -0.2) is 43.6 Å². The highest BCUT2D eigenvalue weighted by molar-refractivity contribution is 5.75. The highest BCUT2D eigenvalue weighted by atomic mass is 16.5. The molecule has 104 valence electrons. The molecule has 2 atom stereocenters. The van der Waals surface area contributed by atoms with Gasteiger partial charge in [-0.25, -0.2) is 0 Å². The number of morpholine rings is 1. The first-order valence-electron chi connectivity index (χ1n) is 6.61. The molecule has 0 aromatic heterocycles. The van der Waals surface area contributed by atoms with Crippen molar-refractivity contribution in [1.82, 2.24) is 4.90 Å². The van der Waals surface area contributed by atoms with Gasteiger partial charge in [-0.2, -0.15) is 0 Å². The number of carbonyl (C=O) groups excluding carboxylic acids is 1. The summed E-state index contributed by atoms with van der Waals surface area (Å²) in [5.74, 6) is 0.831. The van der Waals surface area contributed by atoms with Crippen molar-refractivity contribution in [3.8, 4) is 5.75 Å². The Labute approximate surface area is 114 Å². The number of nitrogens with zero attached hydrogens (tertiary/aromatic N) is 1. The molecular formula is C15H21NO3. The molecule has 1 fully saturated rings. The van der Waals surface area contributed by atoms with Gasteiger partial charge in [0.1, 0.15) is 12.0 Å². The van der Waals surface area contributed by atoms with Crippen molar-refractivity contribution in [2.75, 3.05) is 20.3 Å². The van der Waals surface area contributed by atoms with Crippen molar-refractivity contribution in [2.45, 2.75) is 32.5 Å². The third-order valence-electron chi connectivity index (χ3n) is 3.55. The molecule has 4 heteroatoms. The van der Waals surface area contributed by atoms with E-state index in [1.807, 2.05) is 12.1 Å². The number of rotatable bonds is 4. The van der Waals surface area contributed by atoms with E-state index in [1.165, 1.54) is 0 Å². The molecule has 1 aromatic rings. The van der Waals surface area contributed by atoms with Crippen LogP contribution in [0.3, 0.4) is 0 Å². The highest BCUT2D eigenvalue weighted by Crippen LogP contribution is 2.23. The minimum absolute atomic E-state index is 0.247. The predicted molar refractivity (Wildman–Crippen MR) is 73.7 cm³/mol. The van der Waals surface area contributed by atoms with Gasteiger partial charge in [0.05, 0.1) is 19.8 Å². The summed E-state index contributed by atoms with van der Waals surface area (Å²) in [4.78, 5) is 13.3. The Bertz CT molecular complexity index is 447. The number of aldehydes is 1. The van der Waals surface area contributed by atoms with Crippen LogP contribution >= 0.6 is 0 Å². The van der Waals surface area contributed by atoms with Crippen LogP contribution in [0.25, 0.3) is 0 Å². The van der Waals surface area contributed by atoms with Gasteiger partial charge in [-0.1, -0.05) is 0 Å². The lowest BCUT2D eigenvalue weighted by atomic mass is 10.1. The molecule has 1 heterocycles. The molecule has 0 aliphatic carbocycles. The van der Waals surface area contributed by atoms with Gasteiger partial charge in [0.2, 0.25) is 0 Å². The minimum atomic E-state index is 0.247. The fourth-order valence-electron chi connectivity index (χ4n) is 2.41. The molecule has 4 nitrogen and oxygen atoms in total. The lowest BCUT2D eigenvalue weighted by molar-refractivity contribution is -0.0528. The van der Waals surface area contributed by atoms with Gasteiger partial charge >= 0.3 is 0 Å². The van der Waals surface area contributed by atoms with Crippen LogP contribution in [0.1, 0.15) is 29.8 Å². The number of methoxy groups -OCH3 is 1. The van der Waals surface area contributed by atoms with E-state index in [0.717, 1.165) is 37.3 Å². The van der Waals surface area contributed by atoms with Gasteiger partial charge in [-0.3, -0.25) is 9.69 Å². The minimum Gasteiger partial charge on any atom is -0.496 e. The summed E-state index contributed by atoms with van der Waals surface area (Å²) >= 11 is 0. The SMILES string of the molecule is COc1ccc(C=O)cc1CN1CC(C)OCC1C. The van der Waals surface area contributed by atoms with Gasteiger partial charge in [0.25, 0.3) is 0 Å². The fraction of sp³-hybridized carbons (Fsp3) is 0.533. The van der Waals surface area contributed by atoms with Gasteiger partial charge < -0.3 is 9.47 Å². The third kappa shape index (κ3) is 3.33. The van der Waals surface area contributed by atoms with Crippen LogP contribution < -0.4 is 4.74 Å². The Hall–Kier alpha value is -1.39. The van der Waals surface area contributed by atoms with E-state index < -0.39 is 0 Å². The van der Waals surface area contributed by atoms with Crippen molar-refractivity contribution in [3.63, 3.8) is 0 Å². The molecular weight excluding hydrogens is 242 g/mol. The molecule has 1 aliphatic rings. The second-order valence-electron chi connectivity index (χ2n) is 5.11. The van der Waals surface area contributed by atoms with Crippen molar-refractivity contribution in [3.05, 3.63) is 29.3 Å². The quantitative estimate of drug-likeness (QED) is 0.780. The smallest absolute Gasteiger partial charge is 0.150 e. The van der Waals surface area contributed by atoms with E-state index in [0.29, 0.717) is 11.6 Å². The van der Waals surface area contributed by atoms with Crippen molar-refractivity contribution in [2.24, 2.45) is 0 Å². The number of hydrogen-bond acceptors (Lipinski definition) is 4. The van der Waals surface area contributed by atoms with Crippen molar-refractivity contribution in [1.29, 1.82) is 0 Å². The molecule has 0 radical (unpaired) electrons. The summed E-state index contributed by atoms with van der Waals surface area (Å²) in [6, 6.07) is 5.91. The Balaban J connectivity index is 2.18. The zero-order valence-electron chi connectivity index (χ0n) is 11.8. The first kappa shape index (κ1) is 14.0. The molecule has 0 saturated carbocycles. The molecule has 0 spiro atoms. The summed E-state index contributed by atoms with van der Waals surface area (Å²) in [5.41, 5.74) is 1.73. The number of benzene rings is 1. The van der Waals surface area contributed by atoms with Crippen LogP contribution in [0, 0.1) is 0 Å². The molecule has 0 amide bonds. The summed E-state index contributed by atoms with van der Waals surface area (Å²) < 4.78 is 11.0. The van der Waals surface area contributed by atoms with Gasteiger partial charge in [0, 0.05) is 30.3 Å². The maximum absolute atomic E-state index is 10.9. The fourth-order valence-corrected chi connectivity index (χ4v) is 2.41. The Kier molecular flexibility index (Phi) is 4.56. The lowest BCUT2D eigenvalue weighted by Gasteiger charge is -2.37. The Morgan fingerprint density at radius 3 is 2.95 bits per heavy atom. The molecule has 0 bridgehead atoms. The molecule has 2 rings (SSSR count).